The van der Waals surface area contributed by atoms with Crippen LogP contribution in [0.1, 0.15) is 12.6 Å². The zero-order valence-electron chi connectivity index (χ0n) is 16.7. The van der Waals surface area contributed by atoms with Crippen LogP contribution < -0.4 is 0 Å². The number of aryl methyl sites for hydroxylation is 1. The van der Waals surface area contributed by atoms with Crippen LogP contribution in [-0.2, 0) is 30.1 Å². The second-order valence-electron chi connectivity index (χ2n) is 6.82. The normalized spacial score (nSPS) is 12.6. The monoisotopic (exact) mass is 450 g/mol. The van der Waals surface area contributed by atoms with Gasteiger partial charge in [-0.05, 0) is 18.2 Å². The highest BCUT2D eigenvalue weighted by molar-refractivity contribution is 7.91. The highest BCUT2D eigenvalue weighted by Crippen LogP contribution is 2.34. The number of alkyl halides is 3. The molecule has 0 N–H and O–H groups in total. The highest BCUT2D eigenvalue weighted by atomic mass is 32.2. The van der Waals surface area contributed by atoms with E-state index < -0.39 is 21.7 Å². The SMILES string of the molecule is CCS(=O)(=O)c1c(-c2nc3cc(C(F)(F)F)ncc3n2C)nc(-c2ccccn2)n1C. The summed E-state index contributed by atoms with van der Waals surface area (Å²) >= 11 is 0. The van der Waals surface area contributed by atoms with E-state index in [9.17, 15) is 21.6 Å². The standard InChI is InChI=1S/C19H17F3N6O2S/c1-4-31(29,30)18-15(26-16(28(18)3)11-7-5-6-8-23-11)17-25-12-9-14(19(20,21)22)24-10-13(12)27(17)2/h5-10H,4H2,1-3H3. The Bertz CT molecular complexity index is 1390. The van der Waals surface area contributed by atoms with Gasteiger partial charge in [-0.1, -0.05) is 13.0 Å². The van der Waals surface area contributed by atoms with Gasteiger partial charge in [0.15, 0.2) is 26.5 Å². The van der Waals surface area contributed by atoms with Crippen LogP contribution in [0, 0.1) is 0 Å². The Morgan fingerprint density at radius 3 is 2.39 bits per heavy atom. The van der Waals surface area contributed by atoms with Crippen LogP contribution in [0.2, 0.25) is 0 Å². The molecular formula is C19H17F3N6O2S. The molecule has 8 nitrogen and oxygen atoms in total. The van der Waals surface area contributed by atoms with Gasteiger partial charge in [0.25, 0.3) is 0 Å². The molecule has 162 valence electrons. The van der Waals surface area contributed by atoms with E-state index in [0.29, 0.717) is 17.0 Å². The molecule has 0 fully saturated rings. The van der Waals surface area contributed by atoms with Gasteiger partial charge in [0.2, 0.25) is 0 Å². The van der Waals surface area contributed by atoms with Crippen molar-refractivity contribution in [2.24, 2.45) is 14.1 Å². The van der Waals surface area contributed by atoms with E-state index in [-0.39, 0.29) is 27.8 Å². The zero-order chi connectivity index (χ0) is 22.6. The Morgan fingerprint density at radius 2 is 1.77 bits per heavy atom. The first-order valence-corrected chi connectivity index (χ1v) is 10.8. The second-order valence-corrected chi connectivity index (χ2v) is 9.01. The summed E-state index contributed by atoms with van der Waals surface area (Å²) in [5.41, 5.74) is -0.250. The van der Waals surface area contributed by atoms with Crippen molar-refractivity contribution in [1.29, 1.82) is 0 Å². The van der Waals surface area contributed by atoms with Gasteiger partial charge < -0.3 is 9.13 Å². The van der Waals surface area contributed by atoms with Crippen molar-refractivity contribution < 1.29 is 21.6 Å². The number of imidazole rings is 2. The minimum absolute atomic E-state index is 0.0321. The first-order valence-electron chi connectivity index (χ1n) is 9.15. The van der Waals surface area contributed by atoms with E-state index >= 15 is 0 Å². The van der Waals surface area contributed by atoms with Crippen molar-refractivity contribution in [3.8, 4) is 23.0 Å². The number of fused-ring (bicyclic) bond motifs is 1. The number of pyridine rings is 2. The molecule has 0 saturated carbocycles. The van der Waals surface area contributed by atoms with Crippen molar-refractivity contribution >= 4 is 20.9 Å². The Hall–Kier alpha value is -3.28. The number of hydrogen-bond donors (Lipinski definition) is 0. The van der Waals surface area contributed by atoms with Crippen LogP contribution in [0.3, 0.4) is 0 Å². The van der Waals surface area contributed by atoms with Gasteiger partial charge in [-0.3, -0.25) is 4.98 Å². The minimum atomic E-state index is -4.63. The molecule has 0 aliphatic rings. The van der Waals surface area contributed by atoms with Gasteiger partial charge in [-0.15, -0.1) is 0 Å². The third-order valence-corrected chi connectivity index (χ3v) is 6.70. The fourth-order valence-corrected chi connectivity index (χ4v) is 4.51. The van der Waals surface area contributed by atoms with E-state index in [1.54, 1.807) is 38.5 Å². The summed E-state index contributed by atoms with van der Waals surface area (Å²) in [5, 5.41) is -0.0851. The molecule has 0 aliphatic carbocycles. The fraction of sp³-hybridized carbons (Fsp3) is 0.263. The van der Waals surface area contributed by atoms with Gasteiger partial charge >= 0.3 is 6.18 Å². The van der Waals surface area contributed by atoms with Crippen LogP contribution in [0.5, 0.6) is 0 Å². The van der Waals surface area contributed by atoms with Crippen LogP contribution in [-0.4, -0.2) is 43.2 Å². The molecule has 31 heavy (non-hydrogen) atoms. The number of nitrogens with zero attached hydrogens (tertiary/aromatic N) is 6. The van der Waals surface area contributed by atoms with Crippen molar-refractivity contribution in [2.75, 3.05) is 5.75 Å². The third kappa shape index (κ3) is 3.46. The molecule has 4 heterocycles. The average Bonchev–Trinajstić information content (AvgIpc) is 3.25. The summed E-state index contributed by atoms with van der Waals surface area (Å²) in [4.78, 5) is 16.5. The largest absolute Gasteiger partial charge is 0.433 e. The molecular weight excluding hydrogens is 433 g/mol. The van der Waals surface area contributed by atoms with Crippen molar-refractivity contribution in [3.63, 3.8) is 0 Å². The van der Waals surface area contributed by atoms with Crippen LogP contribution in [0.15, 0.2) is 41.7 Å². The minimum Gasteiger partial charge on any atom is -0.324 e. The summed E-state index contributed by atoms with van der Waals surface area (Å²) in [6.07, 6.45) is -2.01. The average molecular weight is 450 g/mol. The molecule has 0 saturated heterocycles. The third-order valence-electron chi connectivity index (χ3n) is 4.88. The predicted octanol–water partition coefficient (Wildman–Crippen LogP) is 3.24. The molecule has 0 unspecified atom stereocenters. The van der Waals surface area contributed by atoms with Crippen LogP contribution in [0.4, 0.5) is 13.2 Å². The lowest BCUT2D eigenvalue weighted by Crippen LogP contribution is -2.11. The Morgan fingerprint density at radius 1 is 1.03 bits per heavy atom. The van der Waals surface area contributed by atoms with E-state index in [1.165, 1.54) is 16.1 Å². The smallest absolute Gasteiger partial charge is 0.324 e. The number of hydrogen-bond acceptors (Lipinski definition) is 6. The molecule has 0 amide bonds. The van der Waals surface area contributed by atoms with Gasteiger partial charge in [0.05, 0.1) is 23.0 Å². The quantitative estimate of drug-likeness (QED) is 0.474. The van der Waals surface area contributed by atoms with Crippen molar-refractivity contribution in [1.82, 2.24) is 29.1 Å². The van der Waals surface area contributed by atoms with Crippen molar-refractivity contribution in [3.05, 3.63) is 42.4 Å². The number of aromatic nitrogens is 6. The van der Waals surface area contributed by atoms with E-state index in [4.69, 9.17) is 0 Å². The van der Waals surface area contributed by atoms with Crippen LogP contribution >= 0.6 is 0 Å². The Balaban J connectivity index is 2.02. The first-order chi connectivity index (χ1) is 14.5. The maximum atomic E-state index is 13.1. The summed E-state index contributed by atoms with van der Waals surface area (Å²) in [7, 11) is -0.640. The molecule has 0 aliphatic heterocycles. The molecule has 0 bridgehead atoms. The summed E-state index contributed by atoms with van der Waals surface area (Å²) in [6, 6.07) is 5.97. The van der Waals surface area contributed by atoms with Gasteiger partial charge in [0.1, 0.15) is 17.1 Å². The summed E-state index contributed by atoms with van der Waals surface area (Å²) in [6.45, 7) is 1.50. The lowest BCUT2D eigenvalue weighted by molar-refractivity contribution is -0.141. The fourth-order valence-electron chi connectivity index (χ4n) is 3.30. The van der Waals surface area contributed by atoms with E-state index in [1.807, 2.05) is 0 Å². The Kier molecular flexibility index (Phi) is 4.84. The molecule has 0 aromatic carbocycles. The lowest BCUT2D eigenvalue weighted by Gasteiger charge is -2.07. The number of rotatable bonds is 4. The maximum absolute atomic E-state index is 13.1. The molecule has 12 heteroatoms. The molecule has 0 atom stereocenters. The predicted molar refractivity (Wildman–Crippen MR) is 107 cm³/mol. The molecule has 0 radical (unpaired) electrons. The maximum Gasteiger partial charge on any atom is 0.433 e. The summed E-state index contributed by atoms with van der Waals surface area (Å²) < 4.78 is 67.8. The molecule has 4 aromatic rings. The highest BCUT2D eigenvalue weighted by Gasteiger charge is 2.34. The van der Waals surface area contributed by atoms with E-state index in [0.717, 1.165) is 12.3 Å². The first kappa shape index (κ1) is 21.0. The topological polar surface area (TPSA) is 95.6 Å². The molecule has 4 rings (SSSR count). The van der Waals surface area contributed by atoms with Crippen molar-refractivity contribution in [2.45, 2.75) is 18.1 Å². The van der Waals surface area contributed by atoms with Crippen LogP contribution in [0.25, 0.3) is 34.1 Å². The summed E-state index contributed by atoms with van der Waals surface area (Å²) in [5.74, 6) is 0.218. The number of halogens is 3. The Labute approximate surface area is 175 Å². The van der Waals surface area contributed by atoms with Gasteiger partial charge in [-0.25, -0.2) is 23.4 Å². The molecule has 0 spiro atoms. The second kappa shape index (κ2) is 7.15. The zero-order valence-corrected chi connectivity index (χ0v) is 17.5. The van der Waals surface area contributed by atoms with E-state index in [2.05, 4.69) is 19.9 Å². The molecule has 4 aromatic heterocycles. The number of sulfone groups is 1. The lowest BCUT2D eigenvalue weighted by atomic mass is 10.3. The van der Waals surface area contributed by atoms with Gasteiger partial charge in [-0.2, -0.15) is 13.2 Å². The van der Waals surface area contributed by atoms with Gasteiger partial charge in [0, 0.05) is 20.3 Å².